The summed E-state index contributed by atoms with van der Waals surface area (Å²) in [5, 5.41) is 4.53. The van der Waals surface area contributed by atoms with Crippen molar-refractivity contribution in [1.82, 2.24) is 19.7 Å². The van der Waals surface area contributed by atoms with Crippen molar-refractivity contribution in [2.24, 2.45) is 0 Å². The van der Waals surface area contributed by atoms with E-state index in [2.05, 4.69) is 10.1 Å². The van der Waals surface area contributed by atoms with Crippen molar-refractivity contribution in [3.8, 4) is 5.75 Å². The van der Waals surface area contributed by atoms with Crippen molar-refractivity contribution in [2.45, 2.75) is 32.5 Å². The van der Waals surface area contributed by atoms with Crippen LogP contribution >= 0.6 is 0 Å². The Labute approximate surface area is 158 Å². The van der Waals surface area contributed by atoms with E-state index in [1.54, 1.807) is 12.4 Å². The number of fused-ring (bicyclic) bond motifs is 1. The Balaban J connectivity index is 1.42. The van der Waals surface area contributed by atoms with Crippen LogP contribution in [0.4, 0.5) is 0 Å². The van der Waals surface area contributed by atoms with E-state index in [1.165, 1.54) is 0 Å². The van der Waals surface area contributed by atoms with Gasteiger partial charge in [-0.1, -0.05) is 30.3 Å². The molecule has 1 unspecified atom stereocenters. The molecule has 0 fully saturated rings. The summed E-state index contributed by atoms with van der Waals surface area (Å²) in [4.78, 5) is 18.7. The lowest BCUT2D eigenvalue weighted by molar-refractivity contribution is 0.0745. The largest absolute Gasteiger partial charge is 0.488 e. The molecule has 1 aliphatic rings. The Bertz CT molecular complexity index is 885. The van der Waals surface area contributed by atoms with Crippen molar-refractivity contribution in [1.29, 1.82) is 0 Å². The monoisotopic (exact) mass is 362 g/mol. The molecule has 6 heteroatoms. The normalized spacial score (nSPS) is 15.4. The topological polar surface area (TPSA) is 60.2 Å². The van der Waals surface area contributed by atoms with Crippen molar-refractivity contribution in [3.63, 3.8) is 0 Å². The molecule has 1 aromatic carbocycles. The van der Waals surface area contributed by atoms with E-state index < -0.39 is 0 Å². The Morgan fingerprint density at radius 3 is 2.70 bits per heavy atom. The lowest BCUT2D eigenvalue weighted by Crippen LogP contribution is -2.31. The number of aromatic nitrogens is 3. The molecule has 3 aromatic rings. The van der Waals surface area contributed by atoms with Crippen LogP contribution < -0.4 is 4.74 Å². The first kappa shape index (κ1) is 17.3. The van der Waals surface area contributed by atoms with Crippen LogP contribution in [0.3, 0.4) is 0 Å². The average Bonchev–Trinajstić information content (AvgIpc) is 3.26. The lowest BCUT2D eigenvalue weighted by Gasteiger charge is -2.20. The summed E-state index contributed by atoms with van der Waals surface area (Å²) in [6.07, 6.45) is 4.20. The third-order valence-electron chi connectivity index (χ3n) is 4.73. The predicted molar refractivity (Wildman–Crippen MR) is 101 cm³/mol. The standard InChI is InChI=1S/C21H22N4O2/c1-2-24(14-16-6-4-3-5-7-16)21(26)20-13-17-12-19(15-25(17)23-20)27-18-8-10-22-11-9-18/h3-11,13,19H,2,12,14-15H2,1H3. The van der Waals surface area contributed by atoms with E-state index in [9.17, 15) is 4.79 Å². The molecule has 3 heterocycles. The molecule has 0 N–H and O–H groups in total. The fraction of sp³-hybridized carbons (Fsp3) is 0.286. The van der Waals surface area contributed by atoms with Gasteiger partial charge in [0.05, 0.1) is 6.54 Å². The molecule has 0 radical (unpaired) electrons. The van der Waals surface area contributed by atoms with Crippen LogP contribution in [0.2, 0.25) is 0 Å². The van der Waals surface area contributed by atoms with Crippen LogP contribution in [0.1, 0.15) is 28.7 Å². The van der Waals surface area contributed by atoms with E-state index in [0.717, 1.165) is 23.4 Å². The SMILES string of the molecule is CCN(Cc1ccccc1)C(=O)c1cc2n(n1)CC(Oc1ccncc1)C2. The van der Waals surface area contributed by atoms with Gasteiger partial charge >= 0.3 is 0 Å². The maximum Gasteiger partial charge on any atom is 0.274 e. The second kappa shape index (κ2) is 7.61. The average molecular weight is 362 g/mol. The van der Waals surface area contributed by atoms with Gasteiger partial charge in [0.15, 0.2) is 5.69 Å². The second-order valence-corrected chi connectivity index (χ2v) is 6.63. The third kappa shape index (κ3) is 3.84. The Morgan fingerprint density at radius 2 is 2.00 bits per heavy atom. The molecule has 0 bridgehead atoms. The summed E-state index contributed by atoms with van der Waals surface area (Å²) >= 11 is 0. The molecule has 0 saturated heterocycles. The number of carbonyl (C=O) groups excluding carboxylic acids is 1. The highest BCUT2D eigenvalue weighted by Crippen LogP contribution is 2.22. The number of hydrogen-bond donors (Lipinski definition) is 0. The third-order valence-corrected chi connectivity index (χ3v) is 4.73. The second-order valence-electron chi connectivity index (χ2n) is 6.63. The van der Waals surface area contributed by atoms with E-state index in [1.807, 2.05) is 65.0 Å². The first-order valence-corrected chi connectivity index (χ1v) is 9.19. The number of rotatable bonds is 6. The molecule has 6 nitrogen and oxygen atoms in total. The number of pyridine rings is 1. The Morgan fingerprint density at radius 1 is 1.22 bits per heavy atom. The van der Waals surface area contributed by atoms with Crippen LogP contribution in [0.15, 0.2) is 60.9 Å². The number of ether oxygens (including phenoxy) is 1. The highest BCUT2D eigenvalue weighted by Gasteiger charge is 2.28. The molecule has 27 heavy (non-hydrogen) atoms. The van der Waals surface area contributed by atoms with Crippen molar-refractivity contribution in [3.05, 3.63) is 77.9 Å². The molecule has 138 valence electrons. The van der Waals surface area contributed by atoms with Gasteiger partial charge in [0.2, 0.25) is 0 Å². The predicted octanol–water partition coefficient (Wildman–Crippen LogP) is 2.94. The molecule has 1 aliphatic heterocycles. The van der Waals surface area contributed by atoms with Gasteiger partial charge in [-0.3, -0.25) is 14.5 Å². The van der Waals surface area contributed by atoms with Gasteiger partial charge in [0.25, 0.3) is 5.91 Å². The van der Waals surface area contributed by atoms with Gasteiger partial charge < -0.3 is 9.64 Å². The molecular formula is C21H22N4O2. The number of benzene rings is 1. The van der Waals surface area contributed by atoms with Crippen molar-refractivity contribution in [2.75, 3.05) is 6.54 Å². The van der Waals surface area contributed by atoms with Gasteiger partial charge in [-0.05, 0) is 30.7 Å². The fourth-order valence-corrected chi connectivity index (χ4v) is 3.35. The summed E-state index contributed by atoms with van der Waals surface area (Å²) in [5.41, 5.74) is 2.66. The molecule has 2 aromatic heterocycles. The first-order valence-electron chi connectivity index (χ1n) is 9.19. The lowest BCUT2D eigenvalue weighted by atomic mass is 10.2. The van der Waals surface area contributed by atoms with Gasteiger partial charge in [-0.25, -0.2) is 0 Å². The van der Waals surface area contributed by atoms with Crippen LogP contribution in [0.25, 0.3) is 0 Å². The quantitative estimate of drug-likeness (QED) is 0.676. The highest BCUT2D eigenvalue weighted by atomic mass is 16.5. The summed E-state index contributed by atoms with van der Waals surface area (Å²) < 4.78 is 7.85. The Kier molecular flexibility index (Phi) is 4.87. The van der Waals surface area contributed by atoms with Crippen molar-refractivity contribution >= 4 is 5.91 Å². The number of carbonyl (C=O) groups is 1. The molecule has 1 amide bonds. The van der Waals surface area contributed by atoms with E-state index >= 15 is 0 Å². The van der Waals surface area contributed by atoms with Crippen LogP contribution in [0, 0.1) is 0 Å². The molecule has 1 atom stereocenters. The zero-order valence-corrected chi connectivity index (χ0v) is 15.3. The highest BCUT2D eigenvalue weighted by molar-refractivity contribution is 5.92. The van der Waals surface area contributed by atoms with Crippen LogP contribution in [-0.4, -0.2) is 38.2 Å². The smallest absolute Gasteiger partial charge is 0.274 e. The molecule has 4 rings (SSSR count). The summed E-state index contributed by atoms with van der Waals surface area (Å²) in [6.45, 7) is 3.87. The van der Waals surface area contributed by atoms with Crippen molar-refractivity contribution < 1.29 is 9.53 Å². The summed E-state index contributed by atoms with van der Waals surface area (Å²) in [5.74, 6) is 0.770. The fourth-order valence-electron chi connectivity index (χ4n) is 3.35. The minimum Gasteiger partial charge on any atom is -0.488 e. The first-order chi connectivity index (χ1) is 13.2. The molecule has 0 saturated carbocycles. The number of hydrogen-bond acceptors (Lipinski definition) is 4. The zero-order valence-electron chi connectivity index (χ0n) is 15.3. The molecule has 0 aliphatic carbocycles. The Hall–Kier alpha value is -3.15. The molecular weight excluding hydrogens is 340 g/mol. The summed E-state index contributed by atoms with van der Waals surface area (Å²) in [6, 6.07) is 15.6. The van der Waals surface area contributed by atoms with Crippen LogP contribution in [-0.2, 0) is 19.5 Å². The van der Waals surface area contributed by atoms with Gasteiger partial charge in [0, 0.05) is 37.6 Å². The van der Waals surface area contributed by atoms with E-state index in [-0.39, 0.29) is 12.0 Å². The van der Waals surface area contributed by atoms with Gasteiger partial charge in [0.1, 0.15) is 11.9 Å². The zero-order chi connectivity index (χ0) is 18.6. The maximum absolute atomic E-state index is 12.9. The van der Waals surface area contributed by atoms with E-state index in [4.69, 9.17) is 4.74 Å². The van der Waals surface area contributed by atoms with Gasteiger partial charge in [-0.15, -0.1) is 0 Å². The van der Waals surface area contributed by atoms with Crippen LogP contribution in [0.5, 0.6) is 5.75 Å². The maximum atomic E-state index is 12.9. The number of amides is 1. The minimum atomic E-state index is -0.0325. The minimum absolute atomic E-state index is 0.0325. The summed E-state index contributed by atoms with van der Waals surface area (Å²) in [7, 11) is 0. The number of nitrogens with zero attached hydrogens (tertiary/aromatic N) is 4. The van der Waals surface area contributed by atoms with E-state index in [0.29, 0.717) is 25.3 Å². The molecule has 0 spiro atoms. The van der Waals surface area contributed by atoms with Gasteiger partial charge in [-0.2, -0.15) is 5.10 Å².